The highest BCUT2D eigenvalue weighted by Crippen LogP contribution is 2.72. The lowest BCUT2D eigenvalue weighted by Crippen LogP contribution is -2.56. The summed E-state index contributed by atoms with van der Waals surface area (Å²) in [6.07, 6.45) is 9.58. The van der Waals surface area contributed by atoms with Crippen molar-refractivity contribution in [1.82, 2.24) is 0 Å². The molecule has 0 heterocycles. The quantitative estimate of drug-likeness (QED) is 0.177. The number of hydrogen-bond acceptors (Lipinski definition) is 7. The highest BCUT2D eigenvalue weighted by Gasteiger charge is 2.68. The summed E-state index contributed by atoms with van der Waals surface area (Å²) in [5.41, 5.74) is 1.63. The molecule has 244 valence electrons. The number of carbonyl (C=O) groups excluding carboxylic acids is 3. The Labute approximate surface area is 262 Å². The lowest BCUT2D eigenvalue weighted by Gasteiger charge is -2.61. The van der Waals surface area contributed by atoms with Crippen molar-refractivity contribution in [2.75, 3.05) is 0 Å². The summed E-state index contributed by atoms with van der Waals surface area (Å²) >= 11 is 0. The molecule has 0 aromatic rings. The van der Waals surface area contributed by atoms with Crippen molar-refractivity contribution in [2.45, 2.75) is 126 Å². The summed E-state index contributed by atoms with van der Waals surface area (Å²) in [7, 11) is 0. The smallest absolute Gasteiger partial charge is 0.330 e. The summed E-state index contributed by atoms with van der Waals surface area (Å²) in [4.78, 5) is 48.2. The van der Waals surface area contributed by atoms with Crippen molar-refractivity contribution in [3.63, 3.8) is 0 Å². The second-order valence-electron chi connectivity index (χ2n) is 15.1. The Bertz CT molecular complexity index is 1300. The molecular weight excluding hydrogens is 560 g/mol. The van der Waals surface area contributed by atoms with Gasteiger partial charge in [0, 0.05) is 43.6 Å². The Balaban J connectivity index is 1.78. The van der Waals surface area contributed by atoms with Gasteiger partial charge in [-0.2, -0.15) is 0 Å². The van der Waals surface area contributed by atoms with Crippen LogP contribution in [0.25, 0.3) is 0 Å². The van der Waals surface area contributed by atoms with Crippen molar-refractivity contribution in [2.24, 2.45) is 39.4 Å². The van der Waals surface area contributed by atoms with E-state index in [1.54, 1.807) is 13.0 Å². The van der Waals surface area contributed by atoms with E-state index in [4.69, 9.17) is 14.2 Å². The van der Waals surface area contributed by atoms with Crippen LogP contribution in [0.4, 0.5) is 0 Å². The molecule has 1 N–H and O–H groups in total. The minimum Gasteiger partial charge on any atom is -0.478 e. The predicted molar refractivity (Wildman–Crippen MR) is 166 cm³/mol. The first-order valence-corrected chi connectivity index (χ1v) is 16.1. The van der Waals surface area contributed by atoms with Crippen molar-refractivity contribution >= 4 is 23.9 Å². The molecule has 0 aliphatic heterocycles. The number of hydrogen-bond donors (Lipinski definition) is 1. The zero-order valence-corrected chi connectivity index (χ0v) is 28.2. The van der Waals surface area contributed by atoms with Crippen molar-refractivity contribution in [1.29, 1.82) is 0 Å². The minimum atomic E-state index is -0.999. The molecule has 44 heavy (non-hydrogen) atoms. The maximum Gasteiger partial charge on any atom is 0.330 e. The van der Waals surface area contributed by atoms with E-state index in [0.717, 1.165) is 25.7 Å². The van der Waals surface area contributed by atoms with Gasteiger partial charge < -0.3 is 19.3 Å². The maximum absolute atomic E-state index is 12.5. The van der Waals surface area contributed by atoms with Gasteiger partial charge in [-0.15, -0.1) is 0 Å². The van der Waals surface area contributed by atoms with Crippen molar-refractivity contribution in [3.8, 4) is 0 Å². The Hall–Kier alpha value is -2.90. The fraction of sp³-hybridized carbons (Fsp3) is 0.722. The van der Waals surface area contributed by atoms with E-state index in [1.165, 1.54) is 31.9 Å². The van der Waals surface area contributed by atoms with E-state index in [1.807, 2.05) is 0 Å². The number of carboxylic acids is 1. The summed E-state index contributed by atoms with van der Waals surface area (Å²) in [5, 5.41) is 9.41. The number of aliphatic carboxylic acids is 1. The van der Waals surface area contributed by atoms with E-state index in [2.05, 4.69) is 53.7 Å². The highest BCUT2D eigenvalue weighted by molar-refractivity contribution is 5.85. The second-order valence-corrected chi connectivity index (χ2v) is 15.1. The van der Waals surface area contributed by atoms with Crippen LogP contribution in [-0.4, -0.2) is 47.3 Å². The summed E-state index contributed by atoms with van der Waals surface area (Å²) in [6, 6.07) is 0. The molecule has 8 heteroatoms. The first-order valence-electron chi connectivity index (χ1n) is 16.1. The molecule has 2 saturated carbocycles. The molecule has 4 rings (SSSR count). The number of ether oxygens (including phenoxy) is 3. The van der Waals surface area contributed by atoms with Crippen LogP contribution in [0.1, 0.15) is 108 Å². The van der Waals surface area contributed by atoms with Gasteiger partial charge in [-0.1, -0.05) is 59.8 Å². The Morgan fingerprint density at radius 3 is 2.11 bits per heavy atom. The molecule has 4 aliphatic carbocycles. The van der Waals surface area contributed by atoms with E-state index < -0.39 is 23.5 Å². The predicted octanol–water partition coefficient (Wildman–Crippen LogP) is 6.97. The number of esters is 3. The van der Waals surface area contributed by atoms with E-state index in [9.17, 15) is 24.3 Å². The Morgan fingerprint density at radius 1 is 0.932 bits per heavy atom. The molecule has 0 unspecified atom stereocenters. The third kappa shape index (κ3) is 5.44. The standard InChI is InChI=1S/C36H52O8/c1-20(32(40)41)11-13-28(42-22(3)37)21(2)27-19-31(44-24(5)39)36(10)26-12-14-29-33(6,7)30(43-23(4)38)16-17-34(29,8)25(26)15-18-35(27,36)9/h11-12,15,21,27-31H,13-14,16-19H2,1-10H3,(H,40,41)/t21-,27+,28-,29-,30-,31-,34+,35+,36+/m0/s1. The second kappa shape index (κ2) is 11.8. The molecule has 4 aliphatic rings. The summed E-state index contributed by atoms with van der Waals surface area (Å²) in [6.45, 7) is 19.3. The highest BCUT2D eigenvalue weighted by atomic mass is 16.6. The number of allylic oxidation sites excluding steroid dienone is 3. The summed E-state index contributed by atoms with van der Waals surface area (Å²) < 4.78 is 17.8. The molecule has 0 bridgehead atoms. The van der Waals surface area contributed by atoms with Gasteiger partial charge in [-0.25, -0.2) is 4.79 Å². The van der Waals surface area contributed by atoms with Crippen LogP contribution in [0.2, 0.25) is 0 Å². The third-order valence-corrected chi connectivity index (χ3v) is 12.4. The van der Waals surface area contributed by atoms with E-state index >= 15 is 0 Å². The van der Waals surface area contributed by atoms with Gasteiger partial charge in [0.05, 0.1) is 0 Å². The fourth-order valence-electron chi connectivity index (χ4n) is 9.83. The first kappa shape index (κ1) is 34.0. The largest absolute Gasteiger partial charge is 0.478 e. The molecule has 0 radical (unpaired) electrons. The maximum atomic E-state index is 12.5. The van der Waals surface area contributed by atoms with Crippen molar-refractivity contribution in [3.05, 3.63) is 34.9 Å². The molecule has 0 aromatic carbocycles. The van der Waals surface area contributed by atoms with Crippen LogP contribution >= 0.6 is 0 Å². The molecule has 0 amide bonds. The Kier molecular flexibility index (Phi) is 9.11. The summed E-state index contributed by atoms with van der Waals surface area (Å²) in [5.74, 6) is -1.78. The number of fused-ring (bicyclic) bond motifs is 5. The van der Waals surface area contributed by atoms with Gasteiger partial charge in [0.2, 0.25) is 0 Å². The zero-order valence-electron chi connectivity index (χ0n) is 28.2. The first-order chi connectivity index (χ1) is 20.3. The van der Waals surface area contributed by atoms with Crippen molar-refractivity contribution < 1.29 is 38.5 Å². The Morgan fingerprint density at radius 2 is 1.55 bits per heavy atom. The lowest BCUT2D eigenvalue weighted by molar-refractivity contribution is -0.166. The zero-order chi connectivity index (χ0) is 33.0. The van der Waals surface area contributed by atoms with Gasteiger partial charge in [0.25, 0.3) is 0 Å². The number of rotatable bonds is 8. The van der Waals surface area contributed by atoms with Crippen LogP contribution in [0.3, 0.4) is 0 Å². The minimum absolute atomic E-state index is 0.0279. The molecule has 0 spiro atoms. The molecule has 2 fully saturated rings. The van der Waals surface area contributed by atoms with Gasteiger partial charge in [-0.3, -0.25) is 14.4 Å². The van der Waals surface area contributed by atoms with Gasteiger partial charge in [-0.05, 0) is 78.8 Å². The molecule has 0 aromatic heterocycles. The van der Waals surface area contributed by atoms with Crippen LogP contribution in [0.15, 0.2) is 34.9 Å². The molecule has 9 atom stereocenters. The number of carbonyl (C=O) groups is 4. The molecule has 0 saturated heterocycles. The van der Waals surface area contributed by atoms with Crippen LogP contribution in [-0.2, 0) is 33.4 Å². The number of carboxylic acid groups (broad SMARTS) is 1. The van der Waals surface area contributed by atoms with Gasteiger partial charge >= 0.3 is 23.9 Å². The lowest BCUT2D eigenvalue weighted by atomic mass is 9.44. The average Bonchev–Trinajstić information content (AvgIpc) is 3.13. The van der Waals surface area contributed by atoms with E-state index in [-0.39, 0.29) is 63.7 Å². The van der Waals surface area contributed by atoms with Crippen LogP contribution in [0.5, 0.6) is 0 Å². The third-order valence-electron chi connectivity index (χ3n) is 12.4. The molecular formula is C36H52O8. The average molecular weight is 613 g/mol. The topological polar surface area (TPSA) is 116 Å². The monoisotopic (exact) mass is 612 g/mol. The normalized spacial score (nSPS) is 37.2. The van der Waals surface area contributed by atoms with Crippen LogP contribution in [0, 0.1) is 39.4 Å². The van der Waals surface area contributed by atoms with Crippen LogP contribution < -0.4 is 0 Å². The fourth-order valence-corrected chi connectivity index (χ4v) is 9.83. The van der Waals surface area contributed by atoms with Gasteiger partial charge in [0.1, 0.15) is 18.3 Å². The van der Waals surface area contributed by atoms with E-state index in [0.29, 0.717) is 12.8 Å². The molecule has 8 nitrogen and oxygen atoms in total. The SMILES string of the molecule is CC(=O)O[C@@H](CC=C(C)C(=O)O)[C@@H](C)[C@H]1C[C@H](OC(C)=O)[C@@]2(C)C3=CC[C@H]4C(C)(C)[C@@H](OC(C)=O)CC[C@]4(C)C3=CC[C@]12C. The van der Waals surface area contributed by atoms with Gasteiger partial charge in [0.15, 0.2) is 0 Å².